The summed E-state index contributed by atoms with van der Waals surface area (Å²) in [5, 5.41) is 14.2. The Morgan fingerprint density at radius 2 is 1.90 bits per heavy atom. The van der Waals surface area contributed by atoms with Gasteiger partial charge in [0.15, 0.2) is 0 Å². The second-order valence-corrected chi connectivity index (χ2v) is 8.70. The topological polar surface area (TPSA) is 86.9 Å². The van der Waals surface area contributed by atoms with Gasteiger partial charge in [0.1, 0.15) is 17.3 Å². The lowest BCUT2D eigenvalue weighted by Gasteiger charge is -2.44. The number of piperidine rings is 2. The number of rotatable bonds is 4. The van der Waals surface area contributed by atoms with Gasteiger partial charge in [-0.05, 0) is 49.9 Å². The van der Waals surface area contributed by atoms with E-state index in [9.17, 15) is 19.1 Å². The minimum Gasteiger partial charge on any atom is -0.391 e. The van der Waals surface area contributed by atoms with Crippen LogP contribution in [0.2, 0.25) is 0 Å². The van der Waals surface area contributed by atoms with Gasteiger partial charge >= 0.3 is 0 Å². The second kappa shape index (κ2) is 8.78. The molecule has 0 radical (unpaired) electrons. The molecule has 2 saturated heterocycles. The third-order valence-electron chi connectivity index (χ3n) is 6.51. The summed E-state index contributed by atoms with van der Waals surface area (Å²) < 4.78 is 18.8. The molecule has 0 spiro atoms. The van der Waals surface area contributed by atoms with E-state index in [4.69, 9.17) is 4.52 Å². The van der Waals surface area contributed by atoms with Gasteiger partial charge in [0.2, 0.25) is 11.8 Å². The number of amides is 2. The van der Waals surface area contributed by atoms with Crippen LogP contribution >= 0.6 is 0 Å². The van der Waals surface area contributed by atoms with E-state index < -0.39 is 11.5 Å². The molecular weight excluding hydrogens is 401 g/mol. The van der Waals surface area contributed by atoms with E-state index in [1.54, 1.807) is 34.9 Å². The van der Waals surface area contributed by atoms with Gasteiger partial charge in [0, 0.05) is 51.2 Å². The number of aliphatic hydroxyl groups is 1. The third-order valence-corrected chi connectivity index (χ3v) is 6.51. The Bertz CT molecular complexity index is 935. The van der Waals surface area contributed by atoms with Gasteiger partial charge in [-0.25, -0.2) is 4.39 Å². The minimum atomic E-state index is -0.706. The van der Waals surface area contributed by atoms with Crippen LogP contribution in [0.5, 0.6) is 0 Å². The van der Waals surface area contributed by atoms with Gasteiger partial charge < -0.3 is 19.4 Å². The van der Waals surface area contributed by atoms with Gasteiger partial charge in [-0.1, -0.05) is 5.16 Å². The Morgan fingerprint density at radius 1 is 1.19 bits per heavy atom. The Hall–Kier alpha value is -2.74. The number of benzene rings is 1. The number of hydrogen-bond acceptors (Lipinski definition) is 5. The molecule has 1 N–H and O–H groups in total. The highest BCUT2D eigenvalue weighted by molar-refractivity contribution is 5.84. The van der Waals surface area contributed by atoms with E-state index >= 15 is 0 Å². The van der Waals surface area contributed by atoms with Crippen LogP contribution in [0.25, 0.3) is 11.3 Å². The number of hydrogen-bond donors (Lipinski definition) is 1. The second-order valence-electron chi connectivity index (χ2n) is 8.70. The van der Waals surface area contributed by atoms with Crippen molar-refractivity contribution in [2.75, 3.05) is 26.2 Å². The first-order valence-corrected chi connectivity index (χ1v) is 10.8. The maximum Gasteiger partial charge on any atom is 0.229 e. The van der Waals surface area contributed by atoms with Crippen molar-refractivity contribution in [3.05, 3.63) is 41.9 Å². The van der Waals surface area contributed by atoms with Gasteiger partial charge in [-0.15, -0.1) is 0 Å². The molecule has 4 rings (SSSR count). The molecule has 8 heteroatoms. The number of nitrogens with zero attached hydrogens (tertiary/aromatic N) is 3. The molecule has 0 bridgehead atoms. The van der Waals surface area contributed by atoms with Crippen LogP contribution in [0.3, 0.4) is 0 Å². The van der Waals surface area contributed by atoms with E-state index in [-0.39, 0.29) is 17.6 Å². The predicted octanol–water partition coefficient (Wildman–Crippen LogP) is 2.64. The molecule has 2 aliphatic heterocycles. The molecule has 1 atom stereocenters. The standard InChI is InChI=1S/C23H28FN3O4/c1-16(28)26-11-8-23(9-12-26,22(30)27-10-2-3-19(29)15-27)14-20-13-21(25-31-20)17-4-6-18(24)7-5-17/h4-7,13,19,29H,2-3,8-12,14-15H2,1H3. The van der Waals surface area contributed by atoms with Gasteiger partial charge in [0.05, 0.1) is 11.5 Å². The third kappa shape index (κ3) is 4.63. The summed E-state index contributed by atoms with van der Waals surface area (Å²) in [6, 6.07) is 7.81. The Kier molecular flexibility index (Phi) is 6.09. The van der Waals surface area contributed by atoms with Crippen molar-refractivity contribution in [2.45, 2.75) is 45.1 Å². The molecule has 0 aliphatic carbocycles. The van der Waals surface area contributed by atoms with Crippen molar-refractivity contribution in [2.24, 2.45) is 5.41 Å². The van der Waals surface area contributed by atoms with E-state index in [1.165, 1.54) is 12.1 Å². The van der Waals surface area contributed by atoms with Crippen LogP contribution in [0, 0.1) is 11.2 Å². The maximum atomic E-state index is 13.6. The molecule has 166 valence electrons. The molecular formula is C23H28FN3O4. The first kappa shape index (κ1) is 21.5. The van der Waals surface area contributed by atoms with E-state index in [1.807, 2.05) is 0 Å². The highest BCUT2D eigenvalue weighted by atomic mass is 19.1. The van der Waals surface area contributed by atoms with Crippen molar-refractivity contribution in [1.82, 2.24) is 15.0 Å². The van der Waals surface area contributed by atoms with Crippen molar-refractivity contribution < 1.29 is 23.6 Å². The lowest BCUT2D eigenvalue weighted by Crippen LogP contribution is -2.54. The molecule has 2 aliphatic rings. The average molecular weight is 429 g/mol. The van der Waals surface area contributed by atoms with E-state index in [0.29, 0.717) is 63.3 Å². The number of halogens is 1. The van der Waals surface area contributed by atoms with E-state index in [2.05, 4.69) is 5.16 Å². The smallest absolute Gasteiger partial charge is 0.229 e. The lowest BCUT2D eigenvalue weighted by molar-refractivity contribution is -0.151. The molecule has 31 heavy (non-hydrogen) atoms. The fourth-order valence-corrected chi connectivity index (χ4v) is 4.68. The minimum absolute atomic E-state index is 0.00713. The van der Waals surface area contributed by atoms with Gasteiger partial charge in [-0.2, -0.15) is 0 Å². The molecule has 2 fully saturated rings. The zero-order valence-corrected chi connectivity index (χ0v) is 17.7. The molecule has 2 amide bonds. The number of aromatic nitrogens is 1. The normalized spacial score (nSPS) is 21.2. The lowest BCUT2D eigenvalue weighted by atomic mass is 9.73. The monoisotopic (exact) mass is 429 g/mol. The highest BCUT2D eigenvalue weighted by Crippen LogP contribution is 2.38. The van der Waals surface area contributed by atoms with Crippen molar-refractivity contribution in [3.63, 3.8) is 0 Å². The van der Waals surface area contributed by atoms with E-state index in [0.717, 1.165) is 12.0 Å². The SMILES string of the molecule is CC(=O)N1CCC(Cc2cc(-c3ccc(F)cc3)no2)(C(=O)N2CCCC(O)C2)CC1. The molecule has 3 heterocycles. The summed E-state index contributed by atoms with van der Waals surface area (Å²) in [7, 11) is 0. The van der Waals surface area contributed by atoms with Crippen LogP contribution < -0.4 is 0 Å². The number of carbonyl (C=O) groups is 2. The molecule has 7 nitrogen and oxygen atoms in total. The number of aliphatic hydroxyl groups excluding tert-OH is 1. The molecule has 1 unspecified atom stereocenters. The quantitative estimate of drug-likeness (QED) is 0.808. The Morgan fingerprint density at radius 3 is 2.55 bits per heavy atom. The largest absolute Gasteiger partial charge is 0.391 e. The number of likely N-dealkylation sites (tertiary alicyclic amines) is 2. The number of β-amino-alcohol motifs (C(OH)–C–C–N with tert-alkyl or cyclic N) is 1. The Labute approximate surface area is 180 Å². The Balaban J connectivity index is 1.57. The molecule has 2 aromatic rings. The summed E-state index contributed by atoms with van der Waals surface area (Å²) in [5.41, 5.74) is 0.622. The molecule has 0 saturated carbocycles. The number of carbonyl (C=O) groups excluding carboxylic acids is 2. The van der Waals surface area contributed by atoms with Gasteiger partial charge in [-0.3, -0.25) is 9.59 Å². The zero-order chi connectivity index (χ0) is 22.0. The van der Waals surface area contributed by atoms with Crippen LogP contribution in [-0.4, -0.2) is 64.2 Å². The van der Waals surface area contributed by atoms with Crippen molar-refractivity contribution in [3.8, 4) is 11.3 Å². The average Bonchev–Trinajstić information content (AvgIpc) is 3.22. The fourth-order valence-electron chi connectivity index (χ4n) is 4.68. The summed E-state index contributed by atoms with van der Waals surface area (Å²) >= 11 is 0. The van der Waals surface area contributed by atoms with Crippen LogP contribution in [0.4, 0.5) is 4.39 Å². The molecule has 1 aromatic heterocycles. The van der Waals surface area contributed by atoms with Crippen molar-refractivity contribution >= 4 is 11.8 Å². The zero-order valence-electron chi connectivity index (χ0n) is 17.7. The summed E-state index contributed by atoms with van der Waals surface area (Å²) in [6.45, 7) is 3.54. The van der Waals surface area contributed by atoms with Gasteiger partial charge in [0.25, 0.3) is 0 Å². The molecule has 1 aromatic carbocycles. The maximum absolute atomic E-state index is 13.6. The summed E-state index contributed by atoms with van der Waals surface area (Å²) in [5.74, 6) is 0.279. The van der Waals surface area contributed by atoms with Crippen LogP contribution in [0.1, 0.15) is 38.4 Å². The summed E-state index contributed by atoms with van der Waals surface area (Å²) in [6.07, 6.45) is 2.42. The van der Waals surface area contributed by atoms with Crippen LogP contribution in [0.15, 0.2) is 34.9 Å². The fraction of sp³-hybridized carbons (Fsp3) is 0.522. The summed E-state index contributed by atoms with van der Waals surface area (Å²) in [4.78, 5) is 29.0. The van der Waals surface area contributed by atoms with Crippen LogP contribution in [-0.2, 0) is 16.0 Å². The predicted molar refractivity (Wildman–Crippen MR) is 111 cm³/mol. The highest BCUT2D eigenvalue weighted by Gasteiger charge is 2.45. The van der Waals surface area contributed by atoms with Crippen molar-refractivity contribution in [1.29, 1.82) is 0 Å². The first-order chi connectivity index (χ1) is 14.9. The first-order valence-electron chi connectivity index (χ1n) is 10.8.